The van der Waals surface area contributed by atoms with Crippen LogP contribution in [0, 0.1) is 12.7 Å². The van der Waals surface area contributed by atoms with E-state index in [2.05, 4.69) is 0 Å². The Kier molecular flexibility index (Phi) is 4.09. The van der Waals surface area contributed by atoms with Crippen LogP contribution in [0.5, 0.6) is 0 Å². The minimum absolute atomic E-state index is 0.0370. The lowest BCUT2D eigenvalue weighted by Gasteiger charge is -2.12. The molecule has 0 heterocycles. The number of aryl methyl sites for hydroxylation is 1. The molecule has 0 aromatic heterocycles. The standard InChI is InChI=1S/C15H12F3O2S/c1-11-6-8-13(9-7-11)21(19,20)10-12-4-2-3-5-14(12)15(16,17)18/h2-10H,1H3. The van der Waals surface area contributed by atoms with E-state index in [1.807, 2.05) is 0 Å². The first-order valence-electron chi connectivity index (χ1n) is 6.03. The number of benzene rings is 2. The molecule has 0 spiro atoms. The second-order valence-electron chi connectivity index (χ2n) is 4.56. The Hall–Kier alpha value is -1.82. The molecule has 21 heavy (non-hydrogen) atoms. The van der Waals surface area contributed by atoms with E-state index in [4.69, 9.17) is 0 Å². The van der Waals surface area contributed by atoms with Gasteiger partial charge in [0.1, 0.15) is 5.75 Å². The van der Waals surface area contributed by atoms with Crippen LogP contribution in [0.1, 0.15) is 16.7 Å². The first-order valence-corrected chi connectivity index (χ1v) is 7.57. The van der Waals surface area contributed by atoms with Crippen molar-refractivity contribution in [1.82, 2.24) is 0 Å². The summed E-state index contributed by atoms with van der Waals surface area (Å²) in [4.78, 5) is -0.0370. The fourth-order valence-electron chi connectivity index (χ4n) is 1.82. The fourth-order valence-corrected chi connectivity index (χ4v) is 3.01. The molecule has 0 bridgehead atoms. The summed E-state index contributed by atoms with van der Waals surface area (Å²) in [5, 5.41) is 0. The average molecular weight is 313 g/mol. The van der Waals surface area contributed by atoms with Crippen molar-refractivity contribution in [2.75, 3.05) is 0 Å². The highest BCUT2D eigenvalue weighted by atomic mass is 32.2. The molecule has 0 N–H and O–H groups in total. The Balaban J connectivity index is 2.40. The molecule has 2 aromatic rings. The van der Waals surface area contributed by atoms with E-state index in [-0.39, 0.29) is 10.5 Å². The van der Waals surface area contributed by atoms with Crippen LogP contribution in [0.25, 0.3) is 0 Å². The van der Waals surface area contributed by atoms with Crippen LogP contribution in [0.2, 0.25) is 0 Å². The highest BCUT2D eigenvalue weighted by molar-refractivity contribution is 7.93. The Labute approximate surface area is 121 Å². The predicted octanol–water partition coefficient (Wildman–Crippen LogP) is 4.00. The fraction of sp³-hybridized carbons (Fsp3) is 0.133. The minimum Gasteiger partial charge on any atom is -0.223 e. The third-order valence-corrected chi connectivity index (χ3v) is 4.39. The van der Waals surface area contributed by atoms with Crippen LogP contribution in [0.15, 0.2) is 53.4 Å². The molecule has 2 rings (SSSR count). The molecule has 0 fully saturated rings. The van der Waals surface area contributed by atoms with E-state index >= 15 is 0 Å². The van der Waals surface area contributed by atoms with Gasteiger partial charge in [-0.2, -0.15) is 13.2 Å². The van der Waals surface area contributed by atoms with Crippen LogP contribution in [0.3, 0.4) is 0 Å². The molecule has 6 heteroatoms. The lowest BCUT2D eigenvalue weighted by molar-refractivity contribution is -0.137. The number of sulfone groups is 1. The number of rotatable bonds is 3. The van der Waals surface area contributed by atoms with E-state index in [1.54, 1.807) is 19.1 Å². The molecule has 0 amide bonds. The topological polar surface area (TPSA) is 34.1 Å². The van der Waals surface area contributed by atoms with Crippen LogP contribution >= 0.6 is 0 Å². The van der Waals surface area contributed by atoms with Crippen LogP contribution in [-0.2, 0) is 16.0 Å². The molecule has 0 saturated heterocycles. The smallest absolute Gasteiger partial charge is 0.223 e. The van der Waals surface area contributed by atoms with Gasteiger partial charge in [-0.05, 0) is 30.7 Å². The first kappa shape index (κ1) is 15.6. The third-order valence-electron chi connectivity index (χ3n) is 2.90. The molecule has 2 nitrogen and oxygen atoms in total. The number of alkyl halides is 3. The van der Waals surface area contributed by atoms with Gasteiger partial charge in [-0.15, -0.1) is 0 Å². The Bertz CT molecular complexity index is 732. The van der Waals surface area contributed by atoms with Gasteiger partial charge in [-0.25, -0.2) is 8.42 Å². The summed E-state index contributed by atoms with van der Waals surface area (Å²) in [5.74, 6) is 0.653. The third kappa shape index (κ3) is 3.64. The summed E-state index contributed by atoms with van der Waals surface area (Å²) < 4.78 is 62.9. The summed E-state index contributed by atoms with van der Waals surface area (Å²) in [6.45, 7) is 1.79. The monoisotopic (exact) mass is 313 g/mol. The van der Waals surface area contributed by atoms with E-state index in [1.165, 1.54) is 24.3 Å². The predicted molar refractivity (Wildman–Crippen MR) is 73.2 cm³/mol. The normalized spacial score (nSPS) is 12.4. The van der Waals surface area contributed by atoms with E-state index in [0.29, 0.717) is 5.75 Å². The molecular weight excluding hydrogens is 301 g/mol. The van der Waals surface area contributed by atoms with Gasteiger partial charge >= 0.3 is 6.18 Å². The lowest BCUT2D eigenvalue weighted by atomic mass is 10.1. The summed E-state index contributed by atoms with van der Waals surface area (Å²) in [5.41, 5.74) is -0.476. The molecule has 0 atom stereocenters. The van der Waals surface area contributed by atoms with Crippen molar-refractivity contribution >= 4 is 9.84 Å². The number of halogens is 3. The highest BCUT2D eigenvalue weighted by Gasteiger charge is 2.34. The van der Waals surface area contributed by atoms with E-state index in [0.717, 1.165) is 17.7 Å². The zero-order chi connectivity index (χ0) is 15.7. The largest absolute Gasteiger partial charge is 0.416 e. The van der Waals surface area contributed by atoms with Gasteiger partial charge in [-0.3, -0.25) is 0 Å². The van der Waals surface area contributed by atoms with Crippen LogP contribution in [0.4, 0.5) is 13.2 Å². The first-order chi connectivity index (χ1) is 9.70. The Morgan fingerprint density at radius 3 is 2.10 bits per heavy atom. The van der Waals surface area contributed by atoms with Gasteiger partial charge in [-0.1, -0.05) is 35.9 Å². The average Bonchev–Trinajstić information content (AvgIpc) is 2.38. The van der Waals surface area contributed by atoms with Crippen molar-refractivity contribution in [2.24, 2.45) is 0 Å². The van der Waals surface area contributed by atoms with Gasteiger partial charge in [0.15, 0.2) is 9.84 Å². The molecule has 0 aliphatic carbocycles. The number of hydrogen-bond donors (Lipinski definition) is 0. The molecule has 0 saturated carbocycles. The second kappa shape index (κ2) is 5.52. The zero-order valence-corrected chi connectivity index (χ0v) is 11.9. The summed E-state index contributed by atoms with van der Waals surface area (Å²) in [7, 11) is -3.94. The zero-order valence-electron chi connectivity index (χ0n) is 11.1. The summed E-state index contributed by atoms with van der Waals surface area (Å²) >= 11 is 0. The van der Waals surface area contributed by atoms with Crippen LogP contribution in [-0.4, -0.2) is 8.42 Å². The Morgan fingerprint density at radius 1 is 0.952 bits per heavy atom. The molecule has 0 aliphatic heterocycles. The molecular formula is C15H12F3O2S. The van der Waals surface area contributed by atoms with Crippen molar-refractivity contribution in [3.05, 3.63) is 71.0 Å². The van der Waals surface area contributed by atoms with Crippen molar-refractivity contribution in [3.8, 4) is 0 Å². The summed E-state index contributed by atoms with van der Waals surface area (Å²) in [6, 6.07) is 10.5. The van der Waals surface area contributed by atoms with Gasteiger partial charge in [0.25, 0.3) is 0 Å². The van der Waals surface area contributed by atoms with Crippen molar-refractivity contribution < 1.29 is 21.6 Å². The molecule has 1 radical (unpaired) electrons. The Morgan fingerprint density at radius 2 is 1.52 bits per heavy atom. The van der Waals surface area contributed by atoms with Gasteiger partial charge < -0.3 is 0 Å². The lowest BCUT2D eigenvalue weighted by Crippen LogP contribution is -2.11. The quantitative estimate of drug-likeness (QED) is 0.858. The maximum Gasteiger partial charge on any atom is 0.416 e. The maximum absolute atomic E-state index is 12.9. The molecule has 111 valence electrons. The van der Waals surface area contributed by atoms with Crippen LogP contribution < -0.4 is 0 Å². The molecule has 0 aliphatic rings. The minimum atomic E-state index is -4.60. The van der Waals surface area contributed by atoms with Gasteiger partial charge in [0.2, 0.25) is 0 Å². The highest BCUT2D eigenvalue weighted by Crippen LogP contribution is 2.34. The van der Waals surface area contributed by atoms with E-state index in [9.17, 15) is 21.6 Å². The van der Waals surface area contributed by atoms with Gasteiger partial charge in [0, 0.05) is 0 Å². The number of hydrogen-bond acceptors (Lipinski definition) is 2. The van der Waals surface area contributed by atoms with E-state index < -0.39 is 21.6 Å². The maximum atomic E-state index is 12.9. The van der Waals surface area contributed by atoms with Crippen molar-refractivity contribution in [1.29, 1.82) is 0 Å². The SMILES string of the molecule is Cc1ccc(S(=O)(=O)[CH]c2ccccc2C(F)(F)F)cc1. The van der Waals surface area contributed by atoms with Crippen molar-refractivity contribution in [3.63, 3.8) is 0 Å². The second-order valence-corrected chi connectivity index (χ2v) is 6.36. The van der Waals surface area contributed by atoms with Gasteiger partial charge in [0.05, 0.1) is 10.5 Å². The van der Waals surface area contributed by atoms with Crippen molar-refractivity contribution in [2.45, 2.75) is 18.0 Å². The molecule has 2 aromatic carbocycles. The molecule has 0 unspecified atom stereocenters. The summed E-state index contributed by atoms with van der Waals surface area (Å²) in [6.07, 6.45) is -4.60.